The van der Waals surface area contributed by atoms with Crippen LogP contribution in [-0.4, -0.2) is 25.6 Å². The fourth-order valence-corrected chi connectivity index (χ4v) is 2.53. The first-order chi connectivity index (χ1) is 10.6. The van der Waals surface area contributed by atoms with Crippen LogP contribution in [0.1, 0.15) is 34.2 Å². The molecule has 0 amide bonds. The summed E-state index contributed by atoms with van der Waals surface area (Å²) in [6.07, 6.45) is 2.66. The summed E-state index contributed by atoms with van der Waals surface area (Å²) < 4.78 is 2.09. The topological polar surface area (TPSA) is 68.0 Å². The Morgan fingerprint density at radius 3 is 2.64 bits per heavy atom. The van der Waals surface area contributed by atoms with Gasteiger partial charge in [-0.3, -0.25) is 0 Å². The number of imidazole rings is 1. The van der Waals surface area contributed by atoms with Crippen LogP contribution in [0.3, 0.4) is 0 Å². The number of rotatable bonds is 4. The van der Waals surface area contributed by atoms with E-state index in [9.17, 15) is 4.79 Å². The van der Waals surface area contributed by atoms with Gasteiger partial charge in [0.2, 0.25) is 0 Å². The first kappa shape index (κ1) is 14.3. The van der Waals surface area contributed by atoms with Gasteiger partial charge in [-0.2, -0.15) is 0 Å². The lowest BCUT2D eigenvalue weighted by Gasteiger charge is -2.08. The number of aryl methyl sites for hydroxylation is 2. The average Bonchev–Trinajstić information content (AvgIpc) is 2.84. The number of hydrogen-bond donors (Lipinski definition) is 1. The van der Waals surface area contributed by atoms with Crippen LogP contribution in [0.25, 0.3) is 11.2 Å². The third kappa shape index (κ3) is 2.57. The van der Waals surface area contributed by atoms with Crippen molar-refractivity contribution in [2.24, 2.45) is 0 Å². The van der Waals surface area contributed by atoms with E-state index in [4.69, 9.17) is 5.11 Å². The van der Waals surface area contributed by atoms with Gasteiger partial charge >= 0.3 is 5.97 Å². The Kier molecular flexibility index (Phi) is 3.63. The van der Waals surface area contributed by atoms with Crippen LogP contribution >= 0.6 is 0 Å². The van der Waals surface area contributed by atoms with Crippen LogP contribution in [0.5, 0.6) is 0 Å². The molecule has 0 aliphatic carbocycles. The lowest BCUT2D eigenvalue weighted by Crippen LogP contribution is -2.06. The van der Waals surface area contributed by atoms with Crippen LogP contribution in [-0.2, 0) is 13.0 Å². The van der Waals surface area contributed by atoms with Gasteiger partial charge in [0.1, 0.15) is 11.3 Å². The minimum Gasteiger partial charge on any atom is -0.478 e. The van der Waals surface area contributed by atoms with E-state index in [2.05, 4.69) is 21.5 Å². The molecule has 1 N–H and O–H groups in total. The van der Waals surface area contributed by atoms with Crippen molar-refractivity contribution in [2.75, 3.05) is 0 Å². The number of carboxylic acid groups (broad SMARTS) is 1. The highest BCUT2D eigenvalue weighted by atomic mass is 16.4. The molecule has 0 aliphatic heterocycles. The Morgan fingerprint density at radius 1 is 1.27 bits per heavy atom. The molecule has 0 fully saturated rings. The monoisotopic (exact) mass is 295 g/mol. The molecule has 0 bridgehead atoms. The molecule has 22 heavy (non-hydrogen) atoms. The first-order valence-electron chi connectivity index (χ1n) is 7.22. The van der Waals surface area contributed by atoms with Gasteiger partial charge in [-0.1, -0.05) is 19.1 Å². The Morgan fingerprint density at radius 2 is 2.00 bits per heavy atom. The van der Waals surface area contributed by atoms with Gasteiger partial charge in [0, 0.05) is 12.6 Å². The summed E-state index contributed by atoms with van der Waals surface area (Å²) in [7, 11) is 0. The van der Waals surface area contributed by atoms with Crippen LogP contribution in [0.2, 0.25) is 0 Å². The molecular formula is C17H17N3O2. The van der Waals surface area contributed by atoms with Crippen molar-refractivity contribution in [3.05, 3.63) is 59.0 Å². The Balaban J connectivity index is 2.00. The van der Waals surface area contributed by atoms with E-state index < -0.39 is 5.97 Å². The number of pyridine rings is 1. The summed E-state index contributed by atoms with van der Waals surface area (Å²) in [5.74, 6) is 0.0708. The highest BCUT2D eigenvalue weighted by Gasteiger charge is 2.11. The van der Waals surface area contributed by atoms with Gasteiger partial charge in [0.15, 0.2) is 5.65 Å². The van der Waals surface area contributed by atoms with E-state index in [1.54, 1.807) is 12.1 Å². The van der Waals surface area contributed by atoms with Crippen LogP contribution < -0.4 is 0 Å². The number of carbonyl (C=O) groups is 1. The van der Waals surface area contributed by atoms with Crippen molar-refractivity contribution in [3.63, 3.8) is 0 Å². The van der Waals surface area contributed by atoms with Crippen molar-refractivity contribution < 1.29 is 9.90 Å². The molecule has 3 rings (SSSR count). The van der Waals surface area contributed by atoms with E-state index in [1.807, 2.05) is 31.3 Å². The minimum atomic E-state index is -0.911. The number of carboxylic acids is 1. The molecule has 5 heteroatoms. The highest BCUT2D eigenvalue weighted by molar-refractivity contribution is 5.87. The fourth-order valence-electron chi connectivity index (χ4n) is 2.53. The van der Waals surface area contributed by atoms with Crippen LogP contribution in [0, 0.1) is 6.92 Å². The molecule has 112 valence electrons. The summed E-state index contributed by atoms with van der Waals surface area (Å²) in [4.78, 5) is 20.0. The molecule has 0 atom stereocenters. The van der Waals surface area contributed by atoms with Crippen molar-refractivity contribution in [3.8, 4) is 0 Å². The van der Waals surface area contributed by atoms with Gasteiger partial charge in [-0.15, -0.1) is 0 Å². The molecule has 0 aliphatic rings. The summed E-state index contributed by atoms with van der Waals surface area (Å²) in [5.41, 5.74) is 4.18. The van der Waals surface area contributed by atoms with Gasteiger partial charge in [0.05, 0.1) is 12.1 Å². The lowest BCUT2D eigenvalue weighted by atomic mass is 10.1. The normalized spacial score (nSPS) is 11.0. The van der Waals surface area contributed by atoms with E-state index in [-0.39, 0.29) is 0 Å². The Bertz CT molecular complexity index is 835. The standard InChI is InChI=1S/C17H17N3O2/c1-3-15-19-14-8-11(2)9-18-16(14)20(15)10-12-4-6-13(7-5-12)17(21)22/h4-9H,3,10H2,1-2H3,(H,21,22). The predicted molar refractivity (Wildman–Crippen MR) is 84.1 cm³/mol. The van der Waals surface area contributed by atoms with E-state index in [0.29, 0.717) is 12.1 Å². The number of nitrogens with zero attached hydrogens (tertiary/aromatic N) is 3. The number of benzene rings is 1. The zero-order chi connectivity index (χ0) is 15.7. The minimum absolute atomic E-state index is 0.295. The molecule has 2 aromatic heterocycles. The highest BCUT2D eigenvalue weighted by Crippen LogP contribution is 2.18. The van der Waals surface area contributed by atoms with Crippen molar-refractivity contribution in [1.29, 1.82) is 0 Å². The summed E-state index contributed by atoms with van der Waals surface area (Å²) in [6, 6.07) is 8.96. The largest absolute Gasteiger partial charge is 0.478 e. The second kappa shape index (κ2) is 5.60. The Labute approximate surface area is 128 Å². The quantitative estimate of drug-likeness (QED) is 0.803. The molecule has 1 aromatic carbocycles. The second-order valence-electron chi connectivity index (χ2n) is 5.33. The smallest absolute Gasteiger partial charge is 0.335 e. The summed E-state index contributed by atoms with van der Waals surface area (Å²) in [6.45, 7) is 4.70. The summed E-state index contributed by atoms with van der Waals surface area (Å²) >= 11 is 0. The summed E-state index contributed by atoms with van der Waals surface area (Å²) in [5, 5.41) is 8.96. The lowest BCUT2D eigenvalue weighted by molar-refractivity contribution is 0.0697. The molecule has 0 radical (unpaired) electrons. The van der Waals surface area contributed by atoms with Gasteiger partial charge < -0.3 is 9.67 Å². The van der Waals surface area contributed by atoms with E-state index >= 15 is 0 Å². The van der Waals surface area contributed by atoms with Gasteiger partial charge in [0.25, 0.3) is 0 Å². The molecule has 0 unspecified atom stereocenters. The maximum absolute atomic E-state index is 10.9. The number of aromatic nitrogens is 3. The first-order valence-corrected chi connectivity index (χ1v) is 7.22. The maximum Gasteiger partial charge on any atom is 0.335 e. The second-order valence-corrected chi connectivity index (χ2v) is 5.33. The molecule has 0 saturated heterocycles. The third-order valence-corrected chi connectivity index (χ3v) is 3.66. The zero-order valence-corrected chi connectivity index (χ0v) is 12.6. The Hall–Kier alpha value is -2.69. The molecule has 2 heterocycles. The maximum atomic E-state index is 10.9. The number of fused-ring (bicyclic) bond motifs is 1. The average molecular weight is 295 g/mol. The molecular weight excluding hydrogens is 278 g/mol. The number of aromatic carboxylic acids is 1. The van der Waals surface area contributed by atoms with Crippen molar-refractivity contribution in [2.45, 2.75) is 26.8 Å². The zero-order valence-electron chi connectivity index (χ0n) is 12.6. The SMILES string of the molecule is CCc1nc2cc(C)cnc2n1Cc1ccc(C(=O)O)cc1. The van der Waals surface area contributed by atoms with Crippen LogP contribution in [0.15, 0.2) is 36.5 Å². The number of hydrogen-bond acceptors (Lipinski definition) is 3. The van der Waals surface area contributed by atoms with Crippen molar-refractivity contribution in [1.82, 2.24) is 14.5 Å². The molecule has 3 aromatic rings. The third-order valence-electron chi connectivity index (χ3n) is 3.66. The van der Waals surface area contributed by atoms with E-state index in [1.165, 1.54) is 0 Å². The van der Waals surface area contributed by atoms with E-state index in [0.717, 1.165) is 34.5 Å². The molecule has 0 spiro atoms. The van der Waals surface area contributed by atoms with Gasteiger partial charge in [-0.05, 0) is 36.2 Å². The predicted octanol–water partition coefficient (Wildman–Crippen LogP) is 3.05. The molecule has 5 nitrogen and oxygen atoms in total. The van der Waals surface area contributed by atoms with Crippen LogP contribution in [0.4, 0.5) is 0 Å². The molecule has 0 saturated carbocycles. The van der Waals surface area contributed by atoms with Crippen molar-refractivity contribution >= 4 is 17.1 Å². The van der Waals surface area contributed by atoms with Gasteiger partial charge in [-0.25, -0.2) is 14.8 Å². The fraction of sp³-hybridized carbons (Fsp3) is 0.235.